The molecule has 2 aliphatic carbocycles. The molecule has 2 fully saturated rings. The van der Waals surface area contributed by atoms with Crippen LogP contribution in [0.2, 0.25) is 0 Å². The Morgan fingerprint density at radius 2 is 2.40 bits per heavy atom. The van der Waals surface area contributed by atoms with Gasteiger partial charge in [0, 0.05) is 30.9 Å². The van der Waals surface area contributed by atoms with Gasteiger partial charge < -0.3 is 14.5 Å². The van der Waals surface area contributed by atoms with Crippen LogP contribution in [0.25, 0.3) is 0 Å². The van der Waals surface area contributed by atoms with Gasteiger partial charge in [-0.3, -0.25) is 4.79 Å². The molecule has 1 heterocycles. The number of carbonyl (C=O) groups is 1. The molecule has 0 aliphatic heterocycles. The van der Waals surface area contributed by atoms with Gasteiger partial charge in [0.1, 0.15) is 5.76 Å². The van der Waals surface area contributed by atoms with Crippen LogP contribution in [0.3, 0.4) is 0 Å². The van der Waals surface area contributed by atoms with E-state index in [-0.39, 0.29) is 11.3 Å². The quantitative estimate of drug-likeness (QED) is 0.869. The third-order valence-corrected chi connectivity index (χ3v) is 4.95. The minimum absolute atomic E-state index is 0.132. The summed E-state index contributed by atoms with van der Waals surface area (Å²) in [5, 5.41) is 3.20. The van der Waals surface area contributed by atoms with Crippen molar-refractivity contribution in [2.24, 2.45) is 5.41 Å². The van der Waals surface area contributed by atoms with Gasteiger partial charge in [-0.15, -0.1) is 0 Å². The monoisotopic (exact) mass is 277 g/mol. The lowest BCUT2D eigenvalue weighted by molar-refractivity contribution is -0.175. The number of hydrogen-bond donors (Lipinski definition) is 1. The predicted octanol–water partition coefficient (Wildman–Crippen LogP) is 2.68. The summed E-state index contributed by atoms with van der Waals surface area (Å²) in [5.74, 6) is 1.01. The van der Waals surface area contributed by atoms with Gasteiger partial charge in [0.2, 0.25) is 5.91 Å². The molecule has 1 N–H and O–H groups in total. The summed E-state index contributed by atoms with van der Waals surface area (Å²) in [4.78, 5) is 12.0. The van der Waals surface area contributed by atoms with Crippen molar-refractivity contribution < 1.29 is 13.9 Å². The van der Waals surface area contributed by atoms with E-state index in [1.807, 2.05) is 19.1 Å². The smallest absolute Gasteiger partial charge is 0.220 e. The average molecular weight is 277 g/mol. The summed E-state index contributed by atoms with van der Waals surface area (Å²) in [6.45, 7) is 2.81. The van der Waals surface area contributed by atoms with Crippen molar-refractivity contribution in [2.75, 3.05) is 6.61 Å². The summed E-state index contributed by atoms with van der Waals surface area (Å²) in [5.41, 5.74) is 0.246. The highest BCUT2D eigenvalue weighted by molar-refractivity contribution is 5.76. The molecule has 0 aromatic carbocycles. The molecular weight excluding hydrogens is 254 g/mol. The first-order valence-electron chi connectivity index (χ1n) is 7.68. The van der Waals surface area contributed by atoms with Crippen molar-refractivity contribution >= 4 is 5.91 Å². The SMILES string of the molecule is CCO[C@H]1C[C@@H](NC(=O)CCc2ccco2)C12CCC2. The van der Waals surface area contributed by atoms with Crippen LogP contribution in [0.1, 0.15) is 44.8 Å². The molecule has 2 saturated carbocycles. The van der Waals surface area contributed by atoms with E-state index in [0.29, 0.717) is 25.0 Å². The molecular formula is C16H23NO3. The first-order valence-corrected chi connectivity index (χ1v) is 7.68. The van der Waals surface area contributed by atoms with Gasteiger partial charge in [-0.1, -0.05) is 6.42 Å². The molecule has 20 heavy (non-hydrogen) atoms. The Kier molecular flexibility index (Phi) is 3.83. The first kappa shape index (κ1) is 13.7. The molecule has 1 spiro atoms. The maximum atomic E-state index is 12.0. The zero-order valence-electron chi connectivity index (χ0n) is 12.1. The predicted molar refractivity (Wildman–Crippen MR) is 75.3 cm³/mol. The van der Waals surface area contributed by atoms with E-state index in [1.165, 1.54) is 19.3 Å². The van der Waals surface area contributed by atoms with E-state index in [2.05, 4.69) is 5.32 Å². The van der Waals surface area contributed by atoms with Crippen LogP contribution >= 0.6 is 0 Å². The van der Waals surface area contributed by atoms with E-state index in [9.17, 15) is 4.79 Å². The number of hydrogen-bond acceptors (Lipinski definition) is 3. The van der Waals surface area contributed by atoms with Crippen molar-refractivity contribution in [3.05, 3.63) is 24.2 Å². The fraction of sp³-hybridized carbons (Fsp3) is 0.688. The van der Waals surface area contributed by atoms with Gasteiger partial charge in [-0.05, 0) is 38.3 Å². The normalized spacial score (nSPS) is 26.9. The van der Waals surface area contributed by atoms with E-state index < -0.39 is 0 Å². The summed E-state index contributed by atoms with van der Waals surface area (Å²) < 4.78 is 11.1. The number of carbonyl (C=O) groups excluding carboxylic acids is 1. The molecule has 0 unspecified atom stereocenters. The number of rotatable bonds is 6. The Hall–Kier alpha value is -1.29. The van der Waals surface area contributed by atoms with E-state index in [1.54, 1.807) is 6.26 Å². The number of ether oxygens (including phenoxy) is 1. The average Bonchev–Trinajstić information content (AvgIpc) is 2.86. The van der Waals surface area contributed by atoms with E-state index in [0.717, 1.165) is 18.8 Å². The van der Waals surface area contributed by atoms with Crippen molar-refractivity contribution in [1.29, 1.82) is 0 Å². The first-order chi connectivity index (χ1) is 9.74. The number of amides is 1. The second-order valence-corrected chi connectivity index (χ2v) is 5.97. The van der Waals surface area contributed by atoms with Gasteiger partial charge in [0.15, 0.2) is 0 Å². The number of aryl methyl sites for hydroxylation is 1. The second kappa shape index (κ2) is 5.60. The molecule has 1 aromatic rings. The summed E-state index contributed by atoms with van der Waals surface area (Å²) in [7, 11) is 0. The summed E-state index contributed by atoms with van der Waals surface area (Å²) in [6.07, 6.45) is 7.81. The standard InChI is InChI=1S/C16H23NO3/c1-2-19-14-11-13(16(14)8-4-9-16)17-15(18)7-6-12-5-3-10-20-12/h3,5,10,13-14H,2,4,6-9,11H2,1H3,(H,17,18)/t13-,14+/m1/s1. The fourth-order valence-corrected chi connectivity index (χ4v) is 3.60. The maximum absolute atomic E-state index is 12.0. The van der Waals surface area contributed by atoms with E-state index >= 15 is 0 Å². The van der Waals surface area contributed by atoms with Crippen LogP contribution in [-0.4, -0.2) is 24.7 Å². The van der Waals surface area contributed by atoms with Crippen LogP contribution < -0.4 is 5.32 Å². The molecule has 1 aromatic heterocycles. The molecule has 2 atom stereocenters. The number of nitrogens with one attached hydrogen (secondary N) is 1. The molecule has 1 amide bonds. The topological polar surface area (TPSA) is 51.5 Å². The zero-order valence-corrected chi connectivity index (χ0v) is 12.1. The molecule has 110 valence electrons. The summed E-state index contributed by atoms with van der Waals surface area (Å²) in [6, 6.07) is 4.08. The third-order valence-electron chi connectivity index (χ3n) is 4.95. The molecule has 0 saturated heterocycles. The van der Waals surface area contributed by atoms with E-state index in [4.69, 9.17) is 9.15 Å². The van der Waals surface area contributed by atoms with Gasteiger partial charge in [-0.25, -0.2) is 0 Å². The van der Waals surface area contributed by atoms with Crippen LogP contribution in [0, 0.1) is 5.41 Å². The molecule has 0 bridgehead atoms. The minimum Gasteiger partial charge on any atom is -0.469 e. The maximum Gasteiger partial charge on any atom is 0.220 e. The minimum atomic E-state index is 0.132. The van der Waals surface area contributed by atoms with Crippen LogP contribution in [-0.2, 0) is 16.0 Å². The Morgan fingerprint density at radius 3 is 3.00 bits per heavy atom. The van der Waals surface area contributed by atoms with Gasteiger partial charge in [0.25, 0.3) is 0 Å². The van der Waals surface area contributed by atoms with Gasteiger partial charge >= 0.3 is 0 Å². The van der Waals surface area contributed by atoms with Crippen LogP contribution in [0.5, 0.6) is 0 Å². The highest BCUT2D eigenvalue weighted by Crippen LogP contribution is 2.57. The van der Waals surface area contributed by atoms with Crippen LogP contribution in [0.4, 0.5) is 0 Å². The fourth-order valence-electron chi connectivity index (χ4n) is 3.60. The zero-order chi connectivity index (χ0) is 14.0. The Labute approximate surface area is 119 Å². The third kappa shape index (κ3) is 2.37. The lowest BCUT2D eigenvalue weighted by Crippen LogP contribution is -2.67. The second-order valence-electron chi connectivity index (χ2n) is 5.97. The van der Waals surface area contributed by atoms with Crippen molar-refractivity contribution in [3.63, 3.8) is 0 Å². The Bertz CT molecular complexity index is 450. The summed E-state index contributed by atoms with van der Waals surface area (Å²) >= 11 is 0. The molecule has 2 aliphatic rings. The van der Waals surface area contributed by atoms with Gasteiger partial charge in [-0.2, -0.15) is 0 Å². The highest BCUT2D eigenvalue weighted by atomic mass is 16.5. The molecule has 3 rings (SSSR count). The van der Waals surface area contributed by atoms with Gasteiger partial charge in [0.05, 0.1) is 12.4 Å². The lowest BCUT2D eigenvalue weighted by atomic mass is 9.51. The largest absolute Gasteiger partial charge is 0.469 e. The Balaban J connectivity index is 1.47. The van der Waals surface area contributed by atoms with Crippen molar-refractivity contribution in [2.45, 2.75) is 57.6 Å². The van der Waals surface area contributed by atoms with Crippen molar-refractivity contribution in [1.82, 2.24) is 5.32 Å². The lowest BCUT2D eigenvalue weighted by Gasteiger charge is -2.61. The Morgan fingerprint density at radius 1 is 1.55 bits per heavy atom. The van der Waals surface area contributed by atoms with Crippen molar-refractivity contribution in [3.8, 4) is 0 Å². The molecule has 4 nitrogen and oxygen atoms in total. The highest BCUT2D eigenvalue weighted by Gasteiger charge is 2.59. The molecule has 4 heteroatoms. The van der Waals surface area contributed by atoms with Crippen LogP contribution in [0.15, 0.2) is 22.8 Å². The molecule has 0 radical (unpaired) electrons. The number of furan rings is 1.